The number of nitrogens with two attached hydrogens (primary N) is 1. The minimum Gasteiger partial charge on any atom is -0.397 e. The van der Waals surface area contributed by atoms with E-state index < -0.39 is 5.92 Å². The number of anilines is 1. The van der Waals surface area contributed by atoms with E-state index in [9.17, 15) is 8.78 Å². The molecule has 0 saturated heterocycles. The molecule has 110 valence electrons. The van der Waals surface area contributed by atoms with Gasteiger partial charge in [-0.15, -0.1) is 0 Å². The number of rotatable bonds is 2. The summed E-state index contributed by atoms with van der Waals surface area (Å²) in [5, 5.41) is 3.91. The van der Waals surface area contributed by atoms with Gasteiger partial charge in [0.15, 0.2) is 0 Å². The maximum atomic E-state index is 13.2. The van der Waals surface area contributed by atoms with E-state index in [1.165, 1.54) is 10.7 Å². The molecule has 0 aliphatic carbocycles. The Hall–Kier alpha value is -1.43. The van der Waals surface area contributed by atoms with Gasteiger partial charge >= 0.3 is 0 Å². The van der Waals surface area contributed by atoms with Crippen molar-refractivity contribution in [3.8, 4) is 5.69 Å². The fourth-order valence-corrected chi connectivity index (χ4v) is 2.03. The third kappa shape index (κ3) is 3.56. The maximum absolute atomic E-state index is 13.2. The number of nitrogen functional groups attached to an aromatic ring is 1. The number of hydrogen-bond donors (Lipinski definition) is 1. The third-order valence-electron chi connectivity index (χ3n) is 2.55. The Morgan fingerprint density at radius 3 is 2.30 bits per heavy atom. The van der Waals surface area contributed by atoms with Crippen LogP contribution in [0.25, 0.3) is 5.69 Å². The van der Waals surface area contributed by atoms with Crippen LogP contribution in [0.4, 0.5) is 14.5 Å². The van der Waals surface area contributed by atoms with Gasteiger partial charge in [0.05, 0.1) is 11.4 Å². The van der Waals surface area contributed by atoms with Crippen LogP contribution in [-0.4, -0.2) is 9.78 Å². The second kappa shape index (κ2) is 6.35. The summed E-state index contributed by atoms with van der Waals surface area (Å²) in [6.45, 7) is 6.54. The SMILES string of the molecule is CC.Cc1cc(C(C)(F)F)nn1-c1ccc(Br)cc1N. The highest BCUT2D eigenvalue weighted by atomic mass is 79.9. The summed E-state index contributed by atoms with van der Waals surface area (Å²) in [5.41, 5.74) is 7.27. The second-order valence-corrected chi connectivity index (χ2v) is 5.09. The van der Waals surface area contributed by atoms with Crippen LogP contribution in [0.1, 0.15) is 32.2 Å². The minimum atomic E-state index is -2.96. The molecule has 6 heteroatoms. The van der Waals surface area contributed by atoms with E-state index in [1.807, 2.05) is 13.8 Å². The lowest BCUT2D eigenvalue weighted by Gasteiger charge is -2.09. The van der Waals surface area contributed by atoms with Crippen LogP contribution in [0.5, 0.6) is 0 Å². The first-order valence-electron chi connectivity index (χ1n) is 6.29. The summed E-state index contributed by atoms with van der Waals surface area (Å²) in [6.07, 6.45) is 0. The van der Waals surface area contributed by atoms with Gasteiger partial charge in [0.2, 0.25) is 0 Å². The first-order valence-corrected chi connectivity index (χ1v) is 7.08. The average molecular weight is 346 g/mol. The molecular formula is C14H18BrF2N3. The Morgan fingerprint density at radius 1 is 1.25 bits per heavy atom. The molecule has 0 atom stereocenters. The largest absolute Gasteiger partial charge is 0.397 e. The van der Waals surface area contributed by atoms with Crippen molar-refractivity contribution in [1.82, 2.24) is 9.78 Å². The van der Waals surface area contributed by atoms with E-state index in [2.05, 4.69) is 21.0 Å². The lowest BCUT2D eigenvalue weighted by atomic mass is 10.2. The number of halogens is 3. The Labute approximate surface area is 125 Å². The van der Waals surface area contributed by atoms with Crippen molar-refractivity contribution in [3.05, 3.63) is 40.1 Å². The summed E-state index contributed by atoms with van der Waals surface area (Å²) in [6, 6.07) is 6.59. The van der Waals surface area contributed by atoms with Gasteiger partial charge < -0.3 is 5.73 Å². The molecule has 0 unspecified atom stereocenters. The predicted molar refractivity (Wildman–Crippen MR) is 81.3 cm³/mol. The Bertz CT molecular complexity index is 589. The highest BCUT2D eigenvalue weighted by molar-refractivity contribution is 9.10. The summed E-state index contributed by atoms with van der Waals surface area (Å²) in [7, 11) is 0. The van der Waals surface area contributed by atoms with E-state index in [0.29, 0.717) is 17.1 Å². The molecule has 0 aliphatic rings. The third-order valence-corrected chi connectivity index (χ3v) is 3.05. The van der Waals surface area contributed by atoms with Crippen LogP contribution >= 0.6 is 15.9 Å². The molecular weight excluding hydrogens is 328 g/mol. The van der Waals surface area contributed by atoms with Crippen molar-refractivity contribution < 1.29 is 8.78 Å². The van der Waals surface area contributed by atoms with Crippen molar-refractivity contribution in [1.29, 1.82) is 0 Å². The van der Waals surface area contributed by atoms with Crippen LogP contribution in [0, 0.1) is 6.92 Å². The molecule has 1 aromatic heterocycles. The molecule has 0 aliphatic heterocycles. The number of benzene rings is 1. The van der Waals surface area contributed by atoms with Crippen LogP contribution < -0.4 is 5.73 Å². The highest BCUT2D eigenvalue weighted by Crippen LogP contribution is 2.29. The van der Waals surface area contributed by atoms with Crippen LogP contribution in [0.2, 0.25) is 0 Å². The van der Waals surface area contributed by atoms with E-state index in [1.54, 1.807) is 25.1 Å². The molecule has 0 spiro atoms. The topological polar surface area (TPSA) is 43.8 Å². The molecule has 2 rings (SSSR count). The Kier molecular flexibility index (Phi) is 5.28. The Morgan fingerprint density at radius 2 is 1.85 bits per heavy atom. The lowest BCUT2D eigenvalue weighted by Crippen LogP contribution is -2.09. The van der Waals surface area contributed by atoms with Crippen molar-refractivity contribution in [2.24, 2.45) is 0 Å². The quantitative estimate of drug-likeness (QED) is 0.804. The zero-order chi connectivity index (χ0) is 15.5. The van der Waals surface area contributed by atoms with Gasteiger partial charge in [-0.1, -0.05) is 29.8 Å². The standard InChI is InChI=1S/C12H12BrF2N3.C2H6/c1-7-5-11(12(2,14)15)17-18(7)10-4-3-8(13)6-9(10)16;1-2/h3-6H,16H2,1-2H3;1-2H3. The van der Waals surface area contributed by atoms with Crippen LogP contribution in [0.3, 0.4) is 0 Å². The second-order valence-electron chi connectivity index (χ2n) is 4.17. The molecule has 1 heterocycles. The smallest absolute Gasteiger partial charge is 0.288 e. The number of alkyl halides is 2. The van der Waals surface area contributed by atoms with Gasteiger partial charge in [0.25, 0.3) is 5.92 Å². The van der Waals surface area contributed by atoms with E-state index >= 15 is 0 Å². The average Bonchev–Trinajstić information content (AvgIpc) is 2.74. The highest BCUT2D eigenvalue weighted by Gasteiger charge is 2.28. The molecule has 0 amide bonds. The summed E-state index contributed by atoms with van der Waals surface area (Å²) < 4.78 is 28.7. The van der Waals surface area contributed by atoms with Crippen molar-refractivity contribution in [3.63, 3.8) is 0 Å². The molecule has 2 N–H and O–H groups in total. The molecule has 1 aromatic carbocycles. The number of nitrogens with zero attached hydrogens (tertiary/aromatic N) is 2. The van der Waals surface area contributed by atoms with Gasteiger partial charge in [-0.3, -0.25) is 0 Å². The van der Waals surface area contributed by atoms with E-state index in [-0.39, 0.29) is 5.69 Å². The molecule has 3 nitrogen and oxygen atoms in total. The van der Waals surface area contributed by atoms with Crippen molar-refractivity contribution in [2.75, 3.05) is 5.73 Å². The zero-order valence-electron chi connectivity index (χ0n) is 11.9. The predicted octanol–water partition coefficient (Wildman–Crippen LogP) is 4.66. The van der Waals surface area contributed by atoms with E-state index in [4.69, 9.17) is 5.73 Å². The lowest BCUT2D eigenvalue weighted by molar-refractivity contribution is 0.0124. The van der Waals surface area contributed by atoms with Gasteiger partial charge in [-0.25, -0.2) is 4.68 Å². The summed E-state index contributed by atoms with van der Waals surface area (Å²) >= 11 is 3.29. The number of aryl methyl sites for hydroxylation is 1. The van der Waals surface area contributed by atoms with Gasteiger partial charge in [0, 0.05) is 17.1 Å². The molecule has 0 fully saturated rings. The number of aromatic nitrogens is 2. The van der Waals surface area contributed by atoms with Crippen molar-refractivity contribution in [2.45, 2.75) is 33.6 Å². The molecule has 2 aromatic rings. The summed E-state index contributed by atoms with van der Waals surface area (Å²) in [4.78, 5) is 0. The van der Waals surface area contributed by atoms with Gasteiger partial charge in [-0.05, 0) is 31.2 Å². The maximum Gasteiger partial charge on any atom is 0.288 e. The van der Waals surface area contributed by atoms with Crippen LogP contribution in [-0.2, 0) is 5.92 Å². The zero-order valence-corrected chi connectivity index (χ0v) is 13.5. The molecule has 0 radical (unpaired) electrons. The van der Waals surface area contributed by atoms with Gasteiger partial charge in [-0.2, -0.15) is 13.9 Å². The fourth-order valence-electron chi connectivity index (χ4n) is 1.65. The van der Waals surface area contributed by atoms with E-state index in [0.717, 1.165) is 11.4 Å². The normalized spacial score (nSPS) is 10.9. The first kappa shape index (κ1) is 16.6. The number of hydrogen-bond acceptors (Lipinski definition) is 2. The fraction of sp³-hybridized carbons (Fsp3) is 0.357. The Balaban J connectivity index is 0.000000956. The molecule has 0 saturated carbocycles. The molecule has 0 bridgehead atoms. The summed E-state index contributed by atoms with van der Waals surface area (Å²) in [5.74, 6) is -2.96. The monoisotopic (exact) mass is 345 g/mol. The first-order chi connectivity index (χ1) is 9.29. The molecule has 20 heavy (non-hydrogen) atoms. The minimum absolute atomic E-state index is 0.262. The van der Waals surface area contributed by atoms with Gasteiger partial charge in [0.1, 0.15) is 5.69 Å². The van der Waals surface area contributed by atoms with Crippen molar-refractivity contribution >= 4 is 21.6 Å². The van der Waals surface area contributed by atoms with Crippen LogP contribution in [0.15, 0.2) is 28.7 Å².